The fraction of sp³-hybridized carbons (Fsp3) is 0.333. The molecule has 1 heterocycles. The van der Waals surface area contributed by atoms with Gasteiger partial charge in [-0.25, -0.2) is 9.69 Å². The second kappa shape index (κ2) is 3.99. The fourth-order valence-corrected chi connectivity index (χ4v) is 2.20. The SMILES string of the molecule is CC(=O)N1C(=O)N(c2ccccc2O)C1(C)CO. The number of phenols is 1. The Morgan fingerprint density at radius 3 is 2.50 bits per heavy atom. The molecule has 0 radical (unpaired) electrons. The number of hydrogen-bond acceptors (Lipinski definition) is 4. The molecular formula is C12H14N2O4. The number of aliphatic hydroxyl groups excluding tert-OH is 1. The average molecular weight is 250 g/mol. The van der Waals surface area contributed by atoms with E-state index in [0.29, 0.717) is 0 Å². The van der Waals surface area contributed by atoms with Crippen molar-refractivity contribution in [3.63, 3.8) is 0 Å². The Morgan fingerprint density at radius 2 is 2.00 bits per heavy atom. The average Bonchev–Trinajstić information content (AvgIpc) is 2.31. The van der Waals surface area contributed by atoms with E-state index in [2.05, 4.69) is 0 Å². The number of benzene rings is 1. The van der Waals surface area contributed by atoms with Crippen LogP contribution in [0.2, 0.25) is 0 Å². The van der Waals surface area contributed by atoms with Gasteiger partial charge in [-0.05, 0) is 19.1 Å². The second-order valence-corrected chi connectivity index (χ2v) is 4.34. The third-order valence-electron chi connectivity index (χ3n) is 3.08. The summed E-state index contributed by atoms with van der Waals surface area (Å²) in [5.74, 6) is -0.517. The number of urea groups is 1. The number of amides is 3. The molecule has 96 valence electrons. The van der Waals surface area contributed by atoms with Crippen LogP contribution in [0.3, 0.4) is 0 Å². The molecule has 1 aromatic carbocycles. The van der Waals surface area contributed by atoms with Gasteiger partial charge in [0.05, 0.1) is 12.3 Å². The van der Waals surface area contributed by atoms with Crippen LogP contribution in [0.1, 0.15) is 13.8 Å². The Labute approximate surface area is 104 Å². The number of carbonyl (C=O) groups excluding carboxylic acids is 2. The molecule has 1 aliphatic rings. The van der Waals surface area contributed by atoms with Crippen molar-refractivity contribution >= 4 is 17.6 Å². The minimum atomic E-state index is -1.15. The van der Waals surface area contributed by atoms with Gasteiger partial charge in [0.15, 0.2) is 5.66 Å². The molecule has 0 spiro atoms. The molecule has 18 heavy (non-hydrogen) atoms. The quantitative estimate of drug-likeness (QED) is 0.816. The predicted molar refractivity (Wildman–Crippen MR) is 64.0 cm³/mol. The standard InChI is InChI=1S/C12H14N2O4/c1-8(16)13-11(18)14(12(13,2)7-15)9-5-3-4-6-10(9)17/h3-6,15,17H,7H2,1-2H3. The second-order valence-electron chi connectivity index (χ2n) is 4.34. The Balaban J connectivity index is 2.45. The molecule has 2 rings (SSSR count). The normalized spacial score (nSPS) is 22.9. The van der Waals surface area contributed by atoms with Crippen LogP contribution in [0.25, 0.3) is 0 Å². The molecule has 6 heteroatoms. The topological polar surface area (TPSA) is 81.1 Å². The molecule has 0 bridgehead atoms. The number of aliphatic hydroxyl groups is 1. The lowest BCUT2D eigenvalue weighted by Gasteiger charge is -2.56. The first-order valence-corrected chi connectivity index (χ1v) is 5.47. The lowest BCUT2D eigenvalue weighted by Crippen LogP contribution is -2.79. The molecule has 1 atom stereocenters. The molecule has 1 saturated heterocycles. The summed E-state index contributed by atoms with van der Waals surface area (Å²) < 4.78 is 0. The van der Waals surface area contributed by atoms with E-state index < -0.39 is 24.2 Å². The molecule has 2 N–H and O–H groups in total. The third kappa shape index (κ3) is 1.46. The van der Waals surface area contributed by atoms with E-state index in [9.17, 15) is 19.8 Å². The van der Waals surface area contributed by atoms with Crippen molar-refractivity contribution in [1.82, 2.24) is 4.90 Å². The van der Waals surface area contributed by atoms with Crippen molar-refractivity contribution in [3.8, 4) is 5.75 Å². The van der Waals surface area contributed by atoms with Gasteiger partial charge in [-0.3, -0.25) is 9.69 Å². The van der Waals surface area contributed by atoms with Crippen LogP contribution < -0.4 is 4.90 Å². The highest BCUT2D eigenvalue weighted by Crippen LogP contribution is 2.41. The van der Waals surface area contributed by atoms with Crippen molar-refractivity contribution in [3.05, 3.63) is 24.3 Å². The summed E-state index contributed by atoms with van der Waals surface area (Å²) in [6, 6.07) is 5.73. The third-order valence-corrected chi connectivity index (χ3v) is 3.08. The summed E-state index contributed by atoms with van der Waals surface area (Å²) in [6.45, 7) is 2.41. The number of anilines is 1. The minimum Gasteiger partial charge on any atom is -0.506 e. The number of hydrogen-bond donors (Lipinski definition) is 2. The van der Waals surface area contributed by atoms with Gasteiger partial charge in [-0.15, -0.1) is 0 Å². The summed E-state index contributed by atoms with van der Waals surface area (Å²) in [6.07, 6.45) is 0. The Bertz CT molecular complexity index is 517. The van der Waals surface area contributed by atoms with Crippen LogP contribution in [0, 0.1) is 0 Å². The van der Waals surface area contributed by atoms with Gasteiger partial charge in [-0.1, -0.05) is 12.1 Å². The predicted octanol–water partition coefficient (Wildman–Crippen LogP) is 0.889. The van der Waals surface area contributed by atoms with Crippen LogP contribution in [0.15, 0.2) is 24.3 Å². The van der Waals surface area contributed by atoms with Crippen molar-refractivity contribution in [2.75, 3.05) is 11.5 Å². The maximum absolute atomic E-state index is 11.9. The van der Waals surface area contributed by atoms with E-state index in [1.807, 2.05) is 0 Å². The van der Waals surface area contributed by atoms with Crippen molar-refractivity contribution in [1.29, 1.82) is 0 Å². The first kappa shape index (κ1) is 12.4. The molecular weight excluding hydrogens is 236 g/mol. The van der Waals surface area contributed by atoms with E-state index in [-0.39, 0.29) is 11.4 Å². The lowest BCUT2D eigenvalue weighted by atomic mass is 10.0. The minimum absolute atomic E-state index is 0.0753. The highest BCUT2D eigenvalue weighted by Gasteiger charge is 2.57. The zero-order valence-corrected chi connectivity index (χ0v) is 10.1. The van der Waals surface area contributed by atoms with Crippen LogP contribution >= 0.6 is 0 Å². The Hall–Kier alpha value is -2.08. The molecule has 0 saturated carbocycles. The molecule has 0 aromatic heterocycles. The molecule has 0 aliphatic carbocycles. The van der Waals surface area contributed by atoms with Gasteiger partial charge in [-0.2, -0.15) is 0 Å². The molecule has 1 fully saturated rings. The van der Waals surface area contributed by atoms with Crippen LogP contribution in [-0.4, -0.2) is 39.3 Å². The maximum atomic E-state index is 11.9. The van der Waals surface area contributed by atoms with E-state index >= 15 is 0 Å². The highest BCUT2D eigenvalue weighted by atomic mass is 16.3. The van der Waals surface area contributed by atoms with E-state index in [4.69, 9.17) is 0 Å². The Kier molecular flexibility index (Phi) is 2.74. The molecule has 1 unspecified atom stereocenters. The van der Waals surface area contributed by atoms with Crippen LogP contribution in [-0.2, 0) is 4.79 Å². The first-order chi connectivity index (χ1) is 8.43. The van der Waals surface area contributed by atoms with Crippen molar-refractivity contribution in [2.45, 2.75) is 19.5 Å². The summed E-state index contributed by atoms with van der Waals surface area (Å²) in [7, 11) is 0. The lowest BCUT2D eigenvalue weighted by molar-refractivity contribution is -0.135. The van der Waals surface area contributed by atoms with Crippen LogP contribution in [0.5, 0.6) is 5.75 Å². The molecule has 6 nitrogen and oxygen atoms in total. The zero-order valence-electron chi connectivity index (χ0n) is 10.1. The number of rotatable bonds is 2. The largest absolute Gasteiger partial charge is 0.506 e. The molecule has 1 aromatic rings. The number of imide groups is 1. The first-order valence-electron chi connectivity index (χ1n) is 5.47. The van der Waals surface area contributed by atoms with Crippen molar-refractivity contribution in [2.24, 2.45) is 0 Å². The monoisotopic (exact) mass is 250 g/mol. The van der Waals surface area contributed by atoms with Crippen molar-refractivity contribution < 1.29 is 19.8 Å². The number of phenolic OH excluding ortho intramolecular Hbond substituents is 1. The van der Waals surface area contributed by atoms with E-state index in [0.717, 1.165) is 4.90 Å². The smallest absolute Gasteiger partial charge is 0.335 e. The van der Waals surface area contributed by atoms with Gasteiger partial charge in [0.1, 0.15) is 5.75 Å². The number of para-hydroxylation sites is 2. The fourth-order valence-electron chi connectivity index (χ4n) is 2.20. The Morgan fingerprint density at radius 1 is 1.39 bits per heavy atom. The van der Waals surface area contributed by atoms with Gasteiger partial charge in [0.2, 0.25) is 5.91 Å². The summed E-state index contributed by atoms with van der Waals surface area (Å²) in [5.41, 5.74) is -0.876. The number of carbonyl (C=O) groups is 2. The van der Waals surface area contributed by atoms with Gasteiger partial charge < -0.3 is 10.2 Å². The van der Waals surface area contributed by atoms with E-state index in [1.54, 1.807) is 25.1 Å². The number of nitrogens with zero attached hydrogens (tertiary/aromatic N) is 2. The maximum Gasteiger partial charge on any atom is 0.335 e. The van der Waals surface area contributed by atoms with E-state index in [1.165, 1.54) is 17.9 Å². The van der Waals surface area contributed by atoms with Gasteiger partial charge >= 0.3 is 6.03 Å². The number of aromatic hydroxyl groups is 1. The molecule has 1 aliphatic heterocycles. The zero-order chi connectivity index (χ0) is 13.5. The molecule has 3 amide bonds. The summed E-state index contributed by atoms with van der Waals surface area (Å²) in [4.78, 5) is 25.5. The van der Waals surface area contributed by atoms with Gasteiger partial charge in [0, 0.05) is 6.92 Å². The summed E-state index contributed by atoms with van der Waals surface area (Å²) in [5, 5.41) is 19.2. The van der Waals surface area contributed by atoms with Crippen LogP contribution in [0.4, 0.5) is 10.5 Å². The summed E-state index contributed by atoms with van der Waals surface area (Å²) >= 11 is 0. The van der Waals surface area contributed by atoms with Gasteiger partial charge in [0.25, 0.3) is 0 Å². The highest BCUT2D eigenvalue weighted by molar-refractivity contribution is 6.10.